The Morgan fingerprint density at radius 3 is 2.29 bits per heavy atom. The van der Waals surface area contributed by atoms with E-state index in [-0.39, 0.29) is 12.7 Å². The molecule has 1 saturated carbocycles. The molecule has 1 aliphatic rings. The fraction of sp³-hybridized carbons (Fsp3) is 0.565. The molecule has 0 radical (unpaired) electrons. The van der Waals surface area contributed by atoms with Crippen LogP contribution < -0.4 is 9.47 Å². The van der Waals surface area contributed by atoms with E-state index in [1.54, 1.807) is 0 Å². The summed E-state index contributed by atoms with van der Waals surface area (Å²) < 4.78 is 40.4. The lowest BCUT2D eigenvalue weighted by Gasteiger charge is -2.24. The van der Waals surface area contributed by atoms with Gasteiger partial charge in [-0.1, -0.05) is 50.6 Å². The van der Waals surface area contributed by atoms with Crippen molar-refractivity contribution in [3.63, 3.8) is 0 Å². The number of benzene rings is 1. The Morgan fingerprint density at radius 1 is 0.968 bits per heavy atom. The van der Waals surface area contributed by atoms with E-state index in [4.69, 9.17) is 18.6 Å². The minimum Gasteiger partial charge on any atom is -0.473 e. The summed E-state index contributed by atoms with van der Waals surface area (Å²) in [5.74, 6) is 1.08. The minimum absolute atomic E-state index is 0.0584. The van der Waals surface area contributed by atoms with E-state index in [9.17, 15) is 8.42 Å². The highest BCUT2D eigenvalue weighted by atomic mass is 32.2. The Kier molecular flexibility index (Phi) is 8.26. The molecule has 0 atom stereocenters. The number of nitrogens with zero attached hydrogens (tertiary/aromatic N) is 2. The molecule has 8 heteroatoms. The zero-order valence-electron chi connectivity index (χ0n) is 18.5. The second kappa shape index (κ2) is 10.9. The molecule has 1 heterocycles. The molecule has 31 heavy (non-hydrogen) atoms. The second-order valence-corrected chi connectivity index (χ2v) is 10.1. The quantitative estimate of drug-likeness (QED) is 0.497. The molecule has 1 aromatic carbocycles. The first-order valence-corrected chi connectivity index (χ1v) is 12.7. The van der Waals surface area contributed by atoms with Crippen LogP contribution in [0.2, 0.25) is 0 Å². The highest BCUT2D eigenvalue weighted by Gasteiger charge is 2.23. The summed E-state index contributed by atoms with van der Waals surface area (Å²) in [6.45, 7) is 4.31. The van der Waals surface area contributed by atoms with Crippen LogP contribution in [-0.4, -0.2) is 30.7 Å². The van der Waals surface area contributed by atoms with Crippen molar-refractivity contribution in [3.8, 4) is 11.8 Å². The van der Waals surface area contributed by atoms with Crippen molar-refractivity contribution in [2.75, 3.05) is 6.26 Å². The Hall–Kier alpha value is -2.19. The first-order chi connectivity index (χ1) is 14.8. The summed E-state index contributed by atoms with van der Waals surface area (Å²) in [5.41, 5.74) is 2.06. The van der Waals surface area contributed by atoms with E-state index >= 15 is 0 Å². The van der Waals surface area contributed by atoms with Gasteiger partial charge in [-0.15, -0.1) is 0 Å². The van der Waals surface area contributed by atoms with E-state index < -0.39 is 10.1 Å². The van der Waals surface area contributed by atoms with Gasteiger partial charge in [0.15, 0.2) is 0 Å². The third-order valence-electron chi connectivity index (χ3n) is 5.03. The van der Waals surface area contributed by atoms with Crippen molar-refractivity contribution in [2.45, 2.75) is 71.7 Å². The molecular weight excluding hydrogens is 416 g/mol. The van der Waals surface area contributed by atoms with E-state index in [0.717, 1.165) is 37.5 Å². The fourth-order valence-corrected chi connectivity index (χ4v) is 3.85. The minimum atomic E-state index is -3.63. The van der Waals surface area contributed by atoms with Crippen LogP contribution in [0.3, 0.4) is 0 Å². The van der Waals surface area contributed by atoms with Gasteiger partial charge in [0.25, 0.3) is 10.1 Å². The number of ether oxygens (including phenoxy) is 2. The monoisotopic (exact) mass is 448 g/mol. The molecule has 0 aliphatic heterocycles. The van der Waals surface area contributed by atoms with E-state index in [0.29, 0.717) is 42.1 Å². The maximum atomic E-state index is 11.6. The van der Waals surface area contributed by atoms with Gasteiger partial charge in [0.2, 0.25) is 11.8 Å². The van der Waals surface area contributed by atoms with Crippen molar-refractivity contribution in [1.82, 2.24) is 9.97 Å². The zero-order valence-corrected chi connectivity index (χ0v) is 19.4. The van der Waals surface area contributed by atoms with Crippen LogP contribution in [0, 0.1) is 5.92 Å². The molecule has 0 saturated heterocycles. The lowest BCUT2D eigenvalue weighted by Crippen LogP contribution is -2.22. The molecule has 0 bridgehead atoms. The zero-order chi connectivity index (χ0) is 22.3. The number of hydrogen-bond acceptors (Lipinski definition) is 7. The molecule has 2 aromatic rings. The van der Waals surface area contributed by atoms with Crippen LogP contribution in [0.25, 0.3) is 0 Å². The lowest BCUT2D eigenvalue weighted by atomic mass is 9.98. The molecule has 1 aromatic heterocycles. The molecule has 7 nitrogen and oxygen atoms in total. The molecule has 3 rings (SSSR count). The van der Waals surface area contributed by atoms with Crippen LogP contribution >= 0.6 is 0 Å². The van der Waals surface area contributed by atoms with Gasteiger partial charge in [-0.2, -0.15) is 8.42 Å². The highest BCUT2D eigenvalue weighted by Crippen LogP contribution is 2.29. The summed E-state index contributed by atoms with van der Waals surface area (Å²) in [5, 5.41) is 0. The Balaban J connectivity index is 1.90. The normalized spacial score (nSPS) is 15.2. The Labute approximate surface area is 185 Å². The average Bonchev–Trinajstić information content (AvgIpc) is 2.73. The third kappa shape index (κ3) is 7.78. The van der Waals surface area contributed by atoms with E-state index in [1.165, 1.54) is 6.42 Å². The maximum Gasteiger partial charge on any atom is 0.264 e. The third-order valence-corrected chi connectivity index (χ3v) is 5.57. The first-order valence-electron chi connectivity index (χ1n) is 10.9. The van der Waals surface area contributed by atoms with Gasteiger partial charge in [0, 0.05) is 0 Å². The van der Waals surface area contributed by atoms with Crippen LogP contribution in [0.1, 0.15) is 62.9 Å². The van der Waals surface area contributed by atoms with Crippen molar-refractivity contribution in [1.29, 1.82) is 0 Å². The van der Waals surface area contributed by atoms with Crippen molar-refractivity contribution in [2.24, 2.45) is 5.92 Å². The fourth-order valence-electron chi connectivity index (χ4n) is 3.52. The van der Waals surface area contributed by atoms with E-state index in [2.05, 4.69) is 18.8 Å². The van der Waals surface area contributed by atoms with Crippen LogP contribution in [-0.2, 0) is 33.9 Å². The maximum absolute atomic E-state index is 11.6. The molecule has 0 unspecified atom stereocenters. The lowest BCUT2D eigenvalue weighted by molar-refractivity contribution is 0.141. The van der Waals surface area contributed by atoms with Crippen LogP contribution in [0.15, 0.2) is 30.3 Å². The summed E-state index contributed by atoms with van der Waals surface area (Å²) in [4.78, 5) is 9.35. The van der Waals surface area contributed by atoms with Gasteiger partial charge in [0.1, 0.15) is 30.7 Å². The summed E-state index contributed by atoms with van der Waals surface area (Å²) in [6.07, 6.45) is 7.10. The van der Waals surface area contributed by atoms with Gasteiger partial charge in [-0.05, 0) is 43.6 Å². The molecule has 0 N–H and O–H groups in total. The molecule has 0 spiro atoms. The van der Waals surface area contributed by atoms with Crippen LogP contribution in [0.4, 0.5) is 0 Å². The summed E-state index contributed by atoms with van der Waals surface area (Å²) in [7, 11) is -3.63. The van der Waals surface area contributed by atoms with Crippen LogP contribution in [0.5, 0.6) is 11.8 Å². The van der Waals surface area contributed by atoms with Gasteiger partial charge >= 0.3 is 0 Å². The van der Waals surface area contributed by atoms with E-state index in [1.807, 2.05) is 30.3 Å². The molecule has 1 aliphatic carbocycles. The summed E-state index contributed by atoms with van der Waals surface area (Å²) in [6, 6.07) is 9.80. The smallest absolute Gasteiger partial charge is 0.264 e. The molecule has 1 fully saturated rings. The highest BCUT2D eigenvalue weighted by molar-refractivity contribution is 7.85. The van der Waals surface area contributed by atoms with Gasteiger partial charge in [-0.25, -0.2) is 9.97 Å². The summed E-state index contributed by atoms with van der Waals surface area (Å²) >= 11 is 0. The van der Waals surface area contributed by atoms with Crippen molar-refractivity contribution < 1.29 is 22.1 Å². The standard InChI is InChI=1S/C23H32N2O5S/c1-17(2)14-20-22(28-15-18-10-6-4-7-11-18)25-21(16-29-31(3,26)27)23(24-20)30-19-12-8-5-9-13-19/h4,6-7,10-11,17,19H,5,8-9,12-16H2,1-3H3. The van der Waals surface area contributed by atoms with Crippen molar-refractivity contribution >= 4 is 10.1 Å². The molecular formula is C23H32N2O5S. The second-order valence-electron chi connectivity index (χ2n) is 8.44. The Bertz CT molecular complexity index is 942. The van der Waals surface area contributed by atoms with Gasteiger partial charge < -0.3 is 9.47 Å². The largest absolute Gasteiger partial charge is 0.473 e. The topological polar surface area (TPSA) is 87.6 Å². The number of aromatic nitrogens is 2. The molecule has 0 amide bonds. The predicted octanol–water partition coefficient (Wildman–Crippen LogP) is 4.44. The van der Waals surface area contributed by atoms with Gasteiger partial charge in [0.05, 0.1) is 6.26 Å². The predicted molar refractivity (Wildman–Crippen MR) is 118 cm³/mol. The Morgan fingerprint density at radius 2 is 1.65 bits per heavy atom. The van der Waals surface area contributed by atoms with Gasteiger partial charge in [-0.3, -0.25) is 4.18 Å². The average molecular weight is 449 g/mol. The van der Waals surface area contributed by atoms with Crippen molar-refractivity contribution in [3.05, 3.63) is 47.3 Å². The molecule has 170 valence electrons. The number of rotatable bonds is 10. The SMILES string of the molecule is CC(C)Cc1nc(OC2CCCCC2)c(COS(C)(=O)=O)nc1OCc1ccccc1. The first kappa shape index (κ1) is 23.5. The number of hydrogen-bond donors (Lipinski definition) is 0.